The minimum Gasteiger partial charge on any atom is -0.353 e. The van der Waals surface area contributed by atoms with Crippen LogP contribution in [0.15, 0.2) is 0 Å². The molecule has 0 aromatic carbocycles. The van der Waals surface area contributed by atoms with Crippen LogP contribution in [0.5, 0.6) is 0 Å². The monoisotopic (exact) mass is 238 g/mol. The quantitative estimate of drug-likeness (QED) is 0.384. The highest BCUT2D eigenvalue weighted by molar-refractivity contribution is 5.78. The third-order valence-electron chi connectivity index (χ3n) is 2.35. The molecule has 1 fully saturated rings. The van der Waals surface area contributed by atoms with Gasteiger partial charge in [-0.2, -0.15) is 5.26 Å². The highest BCUT2D eigenvalue weighted by Gasteiger charge is 2.22. The van der Waals surface area contributed by atoms with Crippen LogP contribution < -0.4 is 16.0 Å². The molecule has 0 saturated heterocycles. The number of rotatable bonds is 8. The molecule has 6 nitrogen and oxygen atoms in total. The predicted molar refractivity (Wildman–Crippen MR) is 61.9 cm³/mol. The fourth-order valence-electron chi connectivity index (χ4n) is 1.30. The smallest absolute Gasteiger partial charge is 0.234 e. The minimum absolute atomic E-state index is 0.0321. The fourth-order valence-corrected chi connectivity index (χ4v) is 1.30. The minimum atomic E-state index is -0.200. The van der Waals surface area contributed by atoms with Crippen LogP contribution in [0.25, 0.3) is 0 Å². The molecule has 0 aromatic heterocycles. The number of nitrogens with zero attached hydrogens (tertiary/aromatic N) is 1. The van der Waals surface area contributed by atoms with Crippen LogP contribution in [0.2, 0.25) is 0 Å². The van der Waals surface area contributed by atoms with Gasteiger partial charge in [0.05, 0.1) is 12.6 Å². The van der Waals surface area contributed by atoms with Gasteiger partial charge in [0.15, 0.2) is 0 Å². The third kappa shape index (κ3) is 7.30. The predicted octanol–water partition coefficient (Wildman–Crippen LogP) is -0.725. The van der Waals surface area contributed by atoms with Gasteiger partial charge in [0.25, 0.3) is 0 Å². The van der Waals surface area contributed by atoms with Crippen LogP contribution in [0.3, 0.4) is 0 Å². The van der Waals surface area contributed by atoms with Crippen molar-refractivity contribution in [3.05, 3.63) is 0 Å². The van der Waals surface area contributed by atoms with Crippen molar-refractivity contribution in [3.63, 3.8) is 0 Å². The van der Waals surface area contributed by atoms with E-state index in [1.165, 1.54) is 0 Å². The Balaban J connectivity index is 1.88. The van der Waals surface area contributed by atoms with E-state index in [4.69, 9.17) is 5.26 Å². The molecule has 2 amide bonds. The number of nitrogens with one attached hydrogen (secondary N) is 3. The molecular formula is C11H18N4O2. The summed E-state index contributed by atoms with van der Waals surface area (Å²) in [6.07, 6.45) is 3.40. The van der Waals surface area contributed by atoms with Gasteiger partial charge in [0.1, 0.15) is 6.54 Å². The Morgan fingerprint density at radius 2 is 2.06 bits per heavy atom. The van der Waals surface area contributed by atoms with Crippen molar-refractivity contribution in [2.75, 3.05) is 19.6 Å². The summed E-state index contributed by atoms with van der Waals surface area (Å²) in [6, 6.07) is 2.24. The van der Waals surface area contributed by atoms with Gasteiger partial charge in [-0.1, -0.05) is 0 Å². The lowest BCUT2D eigenvalue weighted by Gasteiger charge is -2.05. The van der Waals surface area contributed by atoms with Crippen molar-refractivity contribution < 1.29 is 9.59 Å². The van der Waals surface area contributed by atoms with Crippen LogP contribution in [0.4, 0.5) is 0 Å². The Labute approximate surface area is 101 Å². The van der Waals surface area contributed by atoms with Gasteiger partial charge in [-0.3, -0.25) is 9.59 Å². The van der Waals surface area contributed by atoms with Crippen molar-refractivity contribution in [1.29, 1.82) is 5.26 Å². The van der Waals surface area contributed by atoms with E-state index >= 15 is 0 Å². The normalized spacial score (nSPS) is 13.8. The number of amides is 2. The Morgan fingerprint density at radius 1 is 1.29 bits per heavy atom. The topological polar surface area (TPSA) is 94.0 Å². The molecule has 0 unspecified atom stereocenters. The van der Waals surface area contributed by atoms with Crippen LogP contribution in [-0.4, -0.2) is 37.5 Å². The van der Waals surface area contributed by atoms with Gasteiger partial charge in [0, 0.05) is 12.5 Å². The van der Waals surface area contributed by atoms with E-state index in [9.17, 15) is 9.59 Å². The van der Waals surface area contributed by atoms with Crippen molar-refractivity contribution in [1.82, 2.24) is 16.0 Å². The zero-order valence-corrected chi connectivity index (χ0v) is 9.79. The summed E-state index contributed by atoms with van der Waals surface area (Å²) in [5.74, 6) is -0.114. The van der Waals surface area contributed by atoms with E-state index in [1.54, 1.807) is 0 Å². The summed E-state index contributed by atoms with van der Waals surface area (Å²) in [7, 11) is 0. The molecular weight excluding hydrogens is 220 g/mol. The lowest BCUT2D eigenvalue weighted by atomic mass is 10.3. The van der Waals surface area contributed by atoms with Gasteiger partial charge in [0.2, 0.25) is 11.8 Å². The first-order chi connectivity index (χ1) is 8.22. The summed E-state index contributed by atoms with van der Waals surface area (Å²) >= 11 is 0. The molecule has 0 heterocycles. The SMILES string of the molecule is N#CCNC(=O)CNCCCC(=O)NC1CC1. The van der Waals surface area contributed by atoms with Crippen molar-refractivity contribution in [2.45, 2.75) is 31.7 Å². The highest BCUT2D eigenvalue weighted by Crippen LogP contribution is 2.18. The maximum Gasteiger partial charge on any atom is 0.234 e. The summed E-state index contributed by atoms with van der Waals surface area (Å²) in [4.78, 5) is 22.3. The average molecular weight is 238 g/mol. The van der Waals surface area contributed by atoms with E-state index in [2.05, 4.69) is 16.0 Å². The second-order valence-electron chi connectivity index (χ2n) is 4.06. The molecule has 17 heavy (non-hydrogen) atoms. The molecule has 0 aliphatic heterocycles. The molecule has 1 saturated carbocycles. The molecule has 0 atom stereocenters. The van der Waals surface area contributed by atoms with Crippen LogP contribution in [-0.2, 0) is 9.59 Å². The Morgan fingerprint density at radius 3 is 2.71 bits per heavy atom. The molecule has 0 bridgehead atoms. The molecule has 6 heteroatoms. The van der Waals surface area contributed by atoms with E-state index in [0.717, 1.165) is 12.8 Å². The Kier molecular flexibility index (Phi) is 6.04. The zero-order chi connectivity index (χ0) is 12.5. The molecule has 0 radical (unpaired) electrons. The lowest BCUT2D eigenvalue weighted by molar-refractivity contribution is -0.121. The van der Waals surface area contributed by atoms with E-state index < -0.39 is 0 Å². The van der Waals surface area contributed by atoms with Gasteiger partial charge >= 0.3 is 0 Å². The summed E-state index contributed by atoms with van der Waals surface area (Å²) < 4.78 is 0. The van der Waals surface area contributed by atoms with E-state index in [-0.39, 0.29) is 24.9 Å². The molecule has 3 N–H and O–H groups in total. The fraction of sp³-hybridized carbons (Fsp3) is 0.727. The van der Waals surface area contributed by atoms with Crippen LogP contribution >= 0.6 is 0 Å². The molecule has 1 aliphatic rings. The average Bonchev–Trinajstić information content (AvgIpc) is 3.09. The standard InChI is InChI=1S/C11H18N4O2/c12-5-7-14-11(17)8-13-6-1-2-10(16)15-9-3-4-9/h9,13H,1-4,6-8H2,(H,14,17)(H,15,16). The first-order valence-electron chi connectivity index (χ1n) is 5.86. The van der Waals surface area contributed by atoms with Gasteiger partial charge in [-0.15, -0.1) is 0 Å². The van der Waals surface area contributed by atoms with Gasteiger partial charge < -0.3 is 16.0 Å². The zero-order valence-electron chi connectivity index (χ0n) is 9.79. The number of carbonyl (C=O) groups is 2. The summed E-state index contributed by atoms with van der Waals surface area (Å²) in [6.45, 7) is 0.842. The number of hydrogen-bond acceptors (Lipinski definition) is 4. The Bertz CT molecular complexity index is 307. The van der Waals surface area contributed by atoms with E-state index in [1.807, 2.05) is 6.07 Å². The highest BCUT2D eigenvalue weighted by atomic mass is 16.2. The molecule has 1 rings (SSSR count). The van der Waals surface area contributed by atoms with E-state index in [0.29, 0.717) is 25.4 Å². The van der Waals surface area contributed by atoms with Crippen molar-refractivity contribution in [3.8, 4) is 6.07 Å². The maximum atomic E-state index is 11.3. The number of carbonyl (C=O) groups excluding carboxylic acids is 2. The van der Waals surface area contributed by atoms with Crippen molar-refractivity contribution >= 4 is 11.8 Å². The van der Waals surface area contributed by atoms with Crippen LogP contribution in [0.1, 0.15) is 25.7 Å². The first kappa shape index (κ1) is 13.5. The second kappa shape index (κ2) is 7.63. The van der Waals surface area contributed by atoms with Gasteiger partial charge in [-0.05, 0) is 25.8 Å². The summed E-state index contributed by atoms with van der Waals surface area (Å²) in [5.41, 5.74) is 0. The second-order valence-corrected chi connectivity index (χ2v) is 4.06. The van der Waals surface area contributed by atoms with Crippen molar-refractivity contribution in [2.24, 2.45) is 0 Å². The Hall–Kier alpha value is -1.61. The molecule has 1 aliphatic carbocycles. The third-order valence-corrected chi connectivity index (χ3v) is 2.35. The first-order valence-corrected chi connectivity index (χ1v) is 5.86. The number of nitriles is 1. The molecule has 0 aromatic rings. The largest absolute Gasteiger partial charge is 0.353 e. The number of hydrogen-bond donors (Lipinski definition) is 3. The maximum absolute atomic E-state index is 11.3. The summed E-state index contributed by atoms with van der Waals surface area (Å²) in [5, 5.41) is 16.5. The van der Waals surface area contributed by atoms with Gasteiger partial charge in [-0.25, -0.2) is 0 Å². The molecule has 94 valence electrons. The lowest BCUT2D eigenvalue weighted by Crippen LogP contribution is -2.34. The molecule has 0 spiro atoms. The van der Waals surface area contributed by atoms with Crippen LogP contribution in [0, 0.1) is 11.3 Å².